The molecule has 0 aromatic heterocycles. The van der Waals surface area contributed by atoms with Gasteiger partial charge >= 0.3 is 0 Å². The zero-order chi connectivity index (χ0) is 16.9. The molecule has 1 aromatic rings. The zero-order valence-electron chi connectivity index (χ0n) is 13.9. The minimum atomic E-state index is -0.880. The van der Waals surface area contributed by atoms with Crippen LogP contribution >= 0.6 is 11.6 Å². The van der Waals surface area contributed by atoms with E-state index in [4.69, 9.17) is 16.3 Å². The molecule has 1 saturated carbocycles. The summed E-state index contributed by atoms with van der Waals surface area (Å²) < 4.78 is 32.0. The number of rotatable bonds is 5. The van der Waals surface area contributed by atoms with Crippen LogP contribution in [0.5, 0.6) is 0 Å². The van der Waals surface area contributed by atoms with Crippen molar-refractivity contribution in [1.29, 1.82) is 0 Å². The van der Waals surface area contributed by atoms with Crippen molar-refractivity contribution < 1.29 is 13.5 Å². The minimum absolute atomic E-state index is 0.0480. The molecule has 2 atom stereocenters. The normalized spacial score (nSPS) is 31.1. The molecule has 1 heterocycles. The average Bonchev–Trinajstić information content (AvgIpc) is 2.57. The second-order valence-corrected chi connectivity index (χ2v) is 7.52. The van der Waals surface area contributed by atoms with Gasteiger partial charge in [-0.05, 0) is 74.6 Å². The minimum Gasteiger partial charge on any atom is -0.378 e. The highest BCUT2D eigenvalue weighted by molar-refractivity contribution is 6.31. The summed E-state index contributed by atoms with van der Waals surface area (Å²) in [6.07, 6.45) is 5.48. The van der Waals surface area contributed by atoms with Gasteiger partial charge in [-0.1, -0.05) is 17.7 Å². The van der Waals surface area contributed by atoms with E-state index in [9.17, 15) is 8.78 Å². The lowest BCUT2D eigenvalue weighted by Gasteiger charge is -2.31. The van der Waals surface area contributed by atoms with E-state index in [1.165, 1.54) is 12.1 Å². The molecule has 1 N–H and O–H groups in total. The van der Waals surface area contributed by atoms with Gasteiger partial charge in [0.15, 0.2) is 0 Å². The van der Waals surface area contributed by atoms with E-state index in [2.05, 4.69) is 5.32 Å². The first-order chi connectivity index (χ1) is 11.6. The summed E-state index contributed by atoms with van der Waals surface area (Å²) in [6, 6.07) is 4.69. The molecule has 2 unspecified atom stereocenters. The third kappa shape index (κ3) is 4.68. The van der Waals surface area contributed by atoms with Crippen molar-refractivity contribution in [3.8, 4) is 0 Å². The van der Waals surface area contributed by atoms with Gasteiger partial charge in [-0.25, -0.2) is 8.78 Å². The van der Waals surface area contributed by atoms with Crippen LogP contribution in [-0.4, -0.2) is 32.0 Å². The van der Waals surface area contributed by atoms with Crippen molar-refractivity contribution in [3.63, 3.8) is 0 Å². The molecule has 0 bridgehead atoms. The maximum absolute atomic E-state index is 13.7. The smallest absolute Gasteiger partial charge is 0.139 e. The lowest BCUT2D eigenvalue weighted by atomic mass is 9.77. The average molecular weight is 358 g/mol. The van der Waals surface area contributed by atoms with Crippen LogP contribution in [0.1, 0.15) is 50.0 Å². The Balaban J connectivity index is 1.40. The molecule has 134 valence electrons. The molecule has 1 aliphatic heterocycles. The van der Waals surface area contributed by atoms with E-state index < -0.39 is 6.17 Å². The van der Waals surface area contributed by atoms with E-state index in [-0.39, 0.29) is 18.5 Å². The van der Waals surface area contributed by atoms with E-state index >= 15 is 0 Å². The van der Waals surface area contributed by atoms with E-state index in [1.807, 2.05) is 6.07 Å². The Labute approximate surface area is 147 Å². The van der Waals surface area contributed by atoms with Crippen molar-refractivity contribution in [3.05, 3.63) is 34.6 Å². The predicted octanol–water partition coefficient (Wildman–Crippen LogP) is 4.86. The fraction of sp³-hybridized carbons (Fsp3) is 0.684. The van der Waals surface area contributed by atoms with E-state index in [1.54, 1.807) is 0 Å². The van der Waals surface area contributed by atoms with Crippen molar-refractivity contribution in [2.24, 2.45) is 5.92 Å². The molecule has 24 heavy (non-hydrogen) atoms. The lowest BCUT2D eigenvalue weighted by molar-refractivity contribution is 0.0136. The van der Waals surface area contributed by atoms with Gasteiger partial charge in [-0.15, -0.1) is 0 Å². The second kappa shape index (κ2) is 8.59. The Morgan fingerprint density at radius 1 is 1.17 bits per heavy atom. The third-order valence-corrected chi connectivity index (χ3v) is 5.82. The number of nitrogens with one attached hydrogen (secondary N) is 1. The lowest BCUT2D eigenvalue weighted by Crippen LogP contribution is -2.44. The first-order valence-electron chi connectivity index (χ1n) is 9.03. The molecule has 1 saturated heterocycles. The summed E-state index contributed by atoms with van der Waals surface area (Å²) in [5.74, 6) is 0.849. The van der Waals surface area contributed by atoms with Gasteiger partial charge < -0.3 is 10.1 Å². The summed E-state index contributed by atoms with van der Waals surface area (Å²) in [4.78, 5) is 0. The molecular weight excluding hydrogens is 332 g/mol. The van der Waals surface area contributed by atoms with Crippen LogP contribution in [0.4, 0.5) is 8.78 Å². The molecular formula is C19H26ClF2NO. The van der Waals surface area contributed by atoms with Crippen molar-refractivity contribution in [2.45, 2.75) is 56.7 Å². The number of halogens is 3. The molecule has 3 rings (SSSR count). The Hall–Kier alpha value is -0.710. The van der Waals surface area contributed by atoms with Crippen LogP contribution in [0.25, 0.3) is 0 Å². The maximum Gasteiger partial charge on any atom is 0.139 e. The summed E-state index contributed by atoms with van der Waals surface area (Å²) in [5, 5.41) is 3.91. The molecule has 2 nitrogen and oxygen atoms in total. The first kappa shape index (κ1) is 18.1. The van der Waals surface area contributed by atoms with E-state index in [0.717, 1.165) is 50.6 Å². The topological polar surface area (TPSA) is 21.3 Å². The highest BCUT2D eigenvalue weighted by atomic mass is 35.5. The number of hydrogen-bond acceptors (Lipinski definition) is 2. The van der Waals surface area contributed by atoms with Crippen LogP contribution in [-0.2, 0) is 4.74 Å². The third-order valence-electron chi connectivity index (χ3n) is 5.50. The van der Waals surface area contributed by atoms with Crippen LogP contribution in [0.15, 0.2) is 18.2 Å². The highest BCUT2D eigenvalue weighted by Crippen LogP contribution is 2.39. The molecule has 0 amide bonds. The SMILES string of the molecule is Fc1ccc([C@H]2CC[C@@H](CCNC3CCOCC3F)CC2)c(Cl)c1. The predicted molar refractivity (Wildman–Crippen MR) is 92.8 cm³/mol. The van der Waals surface area contributed by atoms with Crippen LogP contribution in [0, 0.1) is 11.7 Å². The number of alkyl halides is 1. The van der Waals surface area contributed by atoms with Crippen LogP contribution in [0.3, 0.4) is 0 Å². The standard InChI is InChI=1S/C19H26ClF2NO/c20-17-11-15(21)5-6-16(17)14-3-1-13(2-4-14)7-9-23-19-8-10-24-12-18(19)22/h5-6,11,13-14,18-19,23H,1-4,7-10,12H2/t13-,14+,18?,19?. The van der Waals surface area contributed by atoms with Crippen molar-refractivity contribution in [2.75, 3.05) is 19.8 Å². The van der Waals surface area contributed by atoms with Crippen molar-refractivity contribution in [1.82, 2.24) is 5.32 Å². The first-order valence-corrected chi connectivity index (χ1v) is 9.41. The maximum atomic E-state index is 13.7. The Morgan fingerprint density at radius 3 is 2.67 bits per heavy atom. The second-order valence-electron chi connectivity index (χ2n) is 7.11. The summed E-state index contributed by atoms with van der Waals surface area (Å²) in [5.41, 5.74) is 1.08. The molecule has 2 aliphatic rings. The molecule has 0 radical (unpaired) electrons. The molecule has 1 aliphatic carbocycles. The fourth-order valence-corrected chi connectivity index (χ4v) is 4.32. The quantitative estimate of drug-likeness (QED) is 0.812. The Kier molecular flexibility index (Phi) is 6.48. The Bertz CT molecular complexity index is 534. The number of benzene rings is 1. The number of hydrogen-bond donors (Lipinski definition) is 1. The monoisotopic (exact) mass is 357 g/mol. The van der Waals surface area contributed by atoms with Gasteiger partial charge in [0, 0.05) is 17.7 Å². The van der Waals surface area contributed by atoms with Gasteiger partial charge in [0.1, 0.15) is 12.0 Å². The van der Waals surface area contributed by atoms with Crippen LogP contribution < -0.4 is 5.32 Å². The van der Waals surface area contributed by atoms with Gasteiger partial charge in [-0.3, -0.25) is 0 Å². The molecule has 0 spiro atoms. The van der Waals surface area contributed by atoms with Gasteiger partial charge in [0.2, 0.25) is 0 Å². The van der Waals surface area contributed by atoms with Crippen LogP contribution in [0.2, 0.25) is 5.02 Å². The van der Waals surface area contributed by atoms with Crippen molar-refractivity contribution >= 4 is 11.6 Å². The molecule has 5 heteroatoms. The fourth-order valence-electron chi connectivity index (χ4n) is 4.00. The number of ether oxygens (including phenoxy) is 1. The van der Waals surface area contributed by atoms with E-state index in [0.29, 0.717) is 23.5 Å². The van der Waals surface area contributed by atoms with Gasteiger partial charge in [0.05, 0.1) is 6.61 Å². The zero-order valence-corrected chi connectivity index (χ0v) is 14.7. The van der Waals surface area contributed by atoms with Gasteiger partial charge in [0.25, 0.3) is 0 Å². The summed E-state index contributed by atoms with van der Waals surface area (Å²) in [6.45, 7) is 1.75. The molecule has 1 aromatic carbocycles. The molecule has 2 fully saturated rings. The summed E-state index contributed by atoms with van der Waals surface area (Å²) >= 11 is 6.19. The Morgan fingerprint density at radius 2 is 1.96 bits per heavy atom. The largest absolute Gasteiger partial charge is 0.378 e. The van der Waals surface area contributed by atoms with Gasteiger partial charge in [-0.2, -0.15) is 0 Å². The highest BCUT2D eigenvalue weighted by Gasteiger charge is 2.26. The summed E-state index contributed by atoms with van der Waals surface area (Å²) in [7, 11) is 0.